The molecule has 8 heteroatoms. The van der Waals surface area contributed by atoms with Crippen molar-refractivity contribution < 1.29 is 18.0 Å². The van der Waals surface area contributed by atoms with Gasteiger partial charge in [0.05, 0.1) is 10.6 Å². The number of nitrogens with zero attached hydrogens (tertiary/aromatic N) is 1. The Kier molecular flexibility index (Phi) is 5.87. The number of hydrogen-bond donors (Lipinski definition) is 2. The molecule has 0 spiro atoms. The SMILES string of the molecule is CC1(C)CCN(C(=O)C2CC2)c2cc(NS(=O)(=O)c3ccc(-c4cccc(C(N)=O)c4)cc3)ccc21. The minimum Gasteiger partial charge on any atom is -0.366 e. The number of sulfonamides is 1. The van der Waals surface area contributed by atoms with Gasteiger partial charge in [0.25, 0.3) is 10.0 Å². The summed E-state index contributed by atoms with van der Waals surface area (Å²) in [5.41, 5.74) is 9.43. The van der Waals surface area contributed by atoms with Crippen LogP contribution in [0.15, 0.2) is 71.6 Å². The lowest BCUT2D eigenvalue weighted by Crippen LogP contribution is -2.41. The number of nitrogens with one attached hydrogen (secondary N) is 1. The molecule has 1 aliphatic heterocycles. The van der Waals surface area contributed by atoms with E-state index in [1.807, 2.05) is 17.0 Å². The highest BCUT2D eigenvalue weighted by Crippen LogP contribution is 2.43. The smallest absolute Gasteiger partial charge is 0.261 e. The van der Waals surface area contributed by atoms with Crippen molar-refractivity contribution in [2.24, 2.45) is 11.7 Å². The number of nitrogens with two attached hydrogens (primary N) is 1. The van der Waals surface area contributed by atoms with Crippen LogP contribution in [0.4, 0.5) is 11.4 Å². The molecule has 0 bridgehead atoms. The molecule has 3 aromatic carbocycles. The summed E-state index contributed by atoms with van der Waals surface area (Å²) >= 11 is 0. The molecule has 1 fully saturated rings. The maximum atomic E-state index is 13.2. The molecule has 2 aliphatic rings. The third kappa shape index (κ3) is 4.60. The van der Waals surface area contributed by atoms with Crippen LogP contribution in [0.25, 0.3) is 11.1 Å². The molecule has 2 amide bonds. The Morgan fingerprint density at radius 1 is 0.972 bits per heavy atom. The normalized spacial score (nSPS) is 16.8. The van der Waals surface area contributed by atoms with E-state index < -0.39 is 15.9 Å². The van der Waals surface area contributed by atoms with Gasteiger partial charge >= 0.3 is 0 Å². The van der Waals surface area contributed by atoms with E-state index in [1.165, 1.54) is 12.1 Å². The molecule has 3 N–H and O–H groups in total. The van der Waals surface area contributed by atoms with Crippen molar-refractivity contribution in [2.75, 3.05) is 16.2 Å². The highest BCUT2D eigenvalue weighted by atomic mass is 32.2. The van der Waals surface area contributed by atoms with Crippen molar-refractivity contribution in [3.63, 3.8) is 0 Å². The maximum Gasteiger partial charge on any atom is 0.261 e. The topological polar surface area (TPSA) is 110 Å². The largest absolute Gasteiger partial charge is 0.366 e. The average molecular weight is 504 g/mol. The third-order valence-electron chi connectivity index (χ3n) is 7.07. The Morgan fingerprint density at radius 3 is 2.36 bits per heavy atom. The van der Waals surface area contributed by atoms with Gasteiger partial charge in [0.1, 0.15) is 0 Å². The van der Waals surface area contributed by atoms with E-state index in [0.717, 1.165) is 41.6 Å². The first-order valence-electron chi connectivity index (χ1n) is 12.0. The minimum atomic E-state index is -3.86. The summed E-state index contributed by atoms with van der Waals surface area (Å²) in [6.07, 6.45) is 2.70. The molecule has 0 aromatic heterocycles. The molecule has 186 valence electrons. The van der Waals surface area contributed by atoms with E-state index in [2.05, 4.69) is 18.6 Å². The number of carbonyl (C=O) groups is 2. The second kappa shape index (κ2) is 8.78. The zero-order chi connectivity index (χ0) is 25.7. The summed E-state index contributed by atoms with van der Waals surface area (Å²) in [5, 5.41) is 0. The summed E-state index contributed by atoms with van der Waals surface area (Å²) in [6, 6.07) is 18.8. The second-order valence-electron chi connectivity index (χ2n) is 10.2. The molecule has 1 saturated carbocycles. The number of rotatable bonds is 6. The lowest BCUT2D eigenvalue weighted by molar-refractivity contribution is -0.119. The van der Waals surface area contributed by atoms with Gasteiger partial charge < -0.3 is 10.6 Å². The zero-order valence-corrected chi connectivity index (χ0v) is 21.1. The van der Waals surface area contributed by atoms with Gasteiger partial charge in [0.2, 0.25) is 11.8 Å². The van der Waals surface area contributed by atoms with Gasteiger partial charge in [-0.25, -0.2) is 8.42 Å². The third-order valence-corrected chi connectivity index (χ3v) is 8.47. The molecule has 0 atom stereocenters. The van der Waals surface area contributed by atoms with Crippen molar-refractivity contribution in [3.05, 3.63) is 77.9 Å². The van der Waals surface area contributed by atoms with Crippen LogP contribution in [0, 0.1) is 5.92 Å². The summed E-state index contributed by atoms with van der Waals surface area (Å²) in [6.45, 7) is 4.93. The first kappa shape index (κ1) is 24.1. The fourth-order valence-corrected chi connectivity index (χ4v) is 5.76. The molecule has 3 aromatic rings. The molecule has 0 saturated heterocycles. The van der Waals surface area contributed by atoms with E-state index >= 15 is 0 Å². The van der Waals surface area contributed by atoms with Gasteiger partial charge in [-0.2, -0.15) is 0 Å². The number of benzene rings is 3. The van der Waals surface area contributed by atoms with Gasteiger partial charge in [-0.1, -0.05) is 44.2 Å². The van der Waals surface area contributed by atoms with Gasteiger partial charge in [-0.3, -0.25) is 14.3 Å². The average Bonchev–Trinajstić information content (AvgIpc) is 3.69. The number of carbonyl (C=O) groups excluding carboxylic acids is 2. The quantitative estimate of drug-likeness (QED) is 0.509. The maximum absolute atomic E-state index is 13.2. The van der Waals surface area contributed by atoms with E-state index in [4.69, 9.17) is 5.73 Å². The summed E-state index contributed by atoms with van der Waals surface area (Å²) in [5.74, 6) is -0.310. The van der Waals surface area contributed by atoms with E-state index in [1.54, 1.807) is 42.5 Å². The van der Waals surface area contributed by atoms with Gasteiger partial charge in [-0.15, -0.1) is 0 Å². The Balaban J connectivity index is 1.41. The fourth-order valence-electron chi connectivity index (χ4n) is 4.71. The standard InChI is InChI=1S/C28H29N3O4S/c1-28(2)14-15-31(27(33)19-6-7-19)25-17-22(10-13-24(25)28)30-36(34,35)23-11-8-18(9-12-23)20-4-3-5-21(16-20)26(29)32/h3-5,8-13,16-17,19,30H,6-7,14-15H2,1-2H3,(H2,29,32). The van der Waals surface area contributed by atoms with Crippen LogP contribution in [0.5, 0.6) is 0 Å². The molecular weight excluding hydrogens is 474 g/mol. The molecule has 36 heavy (non-hydrogen) atoms. The van der Waals surface area contributed by atoms with Crippen LogP contribution in [0.2, 0.25) is 0 Å². The van der Waals surface area contributed by atoms with Crippen LogP contribution >= 0.6 is 0 Å². The van der Waals surface area contributed by atoms with Crippen molar-refractivity contribution in [1.29, 1.82) is 0 Å². The Morgan fingerprint density at radius 2 is 1.69 bits per heavy atom. The van der Waals surface area contributed by atoms with Gasteiger partial charge in [-0.05, 0) is 77.8 Å². The predicted molar refractivity (Wildman–Crippen MR) is 140 cm³/mol. The van der Waals surface area contributed by atoms with Crippen molar-refractivity contribution in [3.8, 4) is 11.1 Å². The summed E-state index contributed by atoms with van der Waals surface area (Å²) < 4.78 is 29.0. The number of hydrogen-bond acceptors (Lipinski definition) is 4. The van der Waals surface area contributed by atoms with E-state index in [9.17, 15) is 18.0 Å². The Bertz CT molecular complexity index is 1460. The van der Waals surface area contributed by atoms with Crippen LogP contribution in [0.1, 0.15) is 49.0 Å². The Labute approximate surface area is 211 Å². The first-order chi connectivity index (χ1) is 17.0. The van der Waals surface area contributed by atoms with Crippen molar-refractivity contribution in [1.82, 2.24) is 0 Å². The molecule has 5 rings (SSSR count). The lowest BCUT2D eigenvalue weighted by Gasteiger charge is -2.39. The number of primary amides is 1. The molecule has 0 unspecified atom stereocenters. The molecule has 0 radical (unpaired) electrons. The van der Waals surface area contributed by atoms with Crippen molar-refractivity contribution >= 4 is 33.2 Å². The minimum absolute atomic E-state index is 0.0848. The molecular formula is C28H29N3O4S. The summed E-state index contributed by atoms with van der Waals surface area (Å²) in [4.78, 5) is 26.3. The van der Waals surface area contributed by atoms with Crippen LogP contribution in [-0.2, 0) is 20.2 Å². The number of amides is 2. The zero-order valence-electron chi connectivity index (χ0n) is 20.3. The van der Waals surface area contributed by atoms with Crippen LogP contribution in [-0.4, -0.2) is 26.8 Å². The van der Waals surface area contributed by atoms with Gasteiger partial charge in [0.15, 0.2) is 0 Å². The van der Waals surface area contributed by atoms with E-state index in [-0.39, 0.29) is 22.1 Å². The second-order valence-corrected chi connectivity index (χ2v) is 11.9. The molecule has 7 nitrogen and oxygen atoms in total. The van der Waals surface area contributed by atoms with E-state index in [0.29, 0.717) is 17.8 Å². The molecule has 1 aliphatic carbocycles. The highest BCUT2D eigenvalue weighted by Gasteiger charge is 2.39. The van der Waals surface area contributed by atoms with Gasteiger partial charge in [0, 0.05) is 23.7 Å². The Hall–Kier alpha value is -3.65. The van der Waals surface area contributed by atoms with Crippen LogP contribution < -0.4 is 15.4 Å². The summed E-state index contributed by atoms with van der Waals surface area (Å²) in [7, 11) is -3.86. The lowest BCUT2D eigenvalue weighted by atomic mass is 9.77. The predicted octanol–water partition coefficient (Wildman–Crippen LogP) is 4.68. The van der Waals surface area contributed by atoms with Crippen LogP contribution in [0.3, 0.4) is 0 Å². The monoisotopic (exact) mass is 503 g/mol. The fraction of sp³-hybridized carbons (Fsp3) is 0.286. The van der Waals surface area contributed by atoms with Crippen molar-refractivity contribution in [2.45, 2.75) is 43.4 Å². The first-order valence-corrected chi connectivity index (χ1v) is 13.5. The molecule has 1 heterocycles. The highest BCUT2D eigenvalue weighted by molar-refractivity contribution is 7.92. The number of anilines is 2. The number of fused-ring (bicyclic) bond motifs is 1.